The molecule has 5 heteroatoms. The summed E-state index contributed by atoms with van der Waals surface area (Å²) in [6.07, 6.45) is 1.04. The summed E-state index contributed by atoms with van der Waals surface area (Å²) in [6, 6.07) is 2.05. The van der Waals surface area contributed by atoms with E-state index >= 15 is 0 Å². The van der Waals surface area contributed by atoms with Crippen LogP contribution in [0.4, 0.5) is 5.82 Å². The first kappa shape index (κ1) is 12.6. The van der Waals surface area contributed by atoms with E-state index in [-0.39, 0.29) is 5.54 Å². The summed E-state index contributed by atoms with van der Waals surface area (Å²) in [6.45, 7) is 6.56. The number of hydrogen-bond acceptors (Lipinski definition) is 4. The van der Waals surface area contributed by atoms with Crippen molar-refractivity contribution in [2.45, 2.75) is 32.7 Å². The Morgan fingerprint density at radius 1 is 1.41 bits per heavy atom. The molecule has 0 aliphatic heterocycles. The van der Waals surface area contributed by atoms with Crippen molar-refractivity contribution >= 4 is 39.0 Å². The topological polar surface area (TPSA) is 29.0 Å². The van der Waals surface area contributed by atoms with Crippen molar-refractivity contribution in [2.24, 2.45) is 0 Å². The normalized spacial score (nSPS) is 12.1. The summed E-state index contributed by atoms with van der Waals surface area (Å²) in [4.78, 5) is 11.7. The first-order chi connectivity index (χ1) is 7.95. The molecule has 0 spiro atoms. The average molecular weight is 270 g/mol. The lowest BCUT2D eigenvalue weighted by Gasteiger charge is -2.36. The maximum Gasteiger partial charge on any atom is 0.225 e. The van der Waals surface area contributed by atoms with Gasteiger partial charge >= 0.3 is 0 Å². The van der Waals surface area contributed by atoms with E-state index in [2.05, 4.69) is 42.7 Å². The van der Waals surface area contributed by atoms with Crippen LogP contribution in [-0.2, 0) is 0 Å². The lowest BCUT2D eigenvalue weighted by molar-refractivity contribution is 0.468. The van der Waals surface area contributed by atoms with E-state index in [1.54, 1.807) is 11.3 Å². The third-order valence-corrected chi connectivity index (χ3v) is 4.34. The molecule has 0 amide bonds. The molecule has 0 bridgehead atoms. The van der Waals surface area contributed by atoms with Gasteiger partial charge in [-0.2, -0.15) is 4.98 Å². The molecule has 3 nitrogen and oxygen atoms in total. The van der Waals surface area contributed by atoms with Gasteiger partial charge in [0.2, 0.25) is 5.28 Å². The van der Waals surface area contributed by atoms with Gasteiger partial charge in [-0.15, -0.1) is 11.3 Å². The molecule has 0 aliphatic carbocycles. The molecule has 2 aromatic heterocycles. The minimum absolute atomic E-state index is 0.0482. The van der Waals surface area contributed by atoms with Gasteiger partial charge in [0.25, 0.3) is 0 Å². The van der Waals surface area contributed by atoms with Crippen LogP contribution in [0.1, 0.15) is 27.2 Å². The zero-order chi connectivity index (χ0) is 12.6. The number of aromatic nitrogens is 2. The predicted octanol–water partition coefficient (Wildman–Crippen LogP) is 3.97. The highest BCUT2D eigenvalue weighted by molar-refractivity contribution is 7.16. The van der Waals surface area contributed by atoms with Crippen molar-refractivity contribution in [1.29, 1.82) is 0 Å². The summed E-state index contributed by atoms with van der Waals surface area (Å²) < 4.78 is 0. The molecule has 0 aliphatic rings. The first-order valence-electron chi connectivity index (χ1n) is 5.60. The molecule has 2 heterocycles. The molecule has 17 heavy (non-hydrogen) atoms. The molecule has 0 radical (unpaired) electrons. The van der Waals surface area contributed by atoms with E-state index in [4.69, 9.17) is 11.6 Å². The fraction of sp³-hybridized carbons (Fsp3) is 0.500. The van der Waals surface area contributed by atoms with Crippen LogP contribution in [0.3, 0.4) is 0 Å². The minimum atomic E-state index is 0.0482. The van der Waals surface area contributed by atoms with Gasteiger partial charge in [-0.1, -0.05) is 6.92 Å². The summed E-state index contributed by atoms with van der Waals surface area (Å²) in [5, 5.41) is 3.41. The van der Waals surface area contributed by atoms with Crippen molar-refractivity contribution in [3.05, 3.63) is 16.7 Å². The smallest absolute Gasteiger partial charge is 0.225 e. The van der Waals surface area contributed by atoms with Crippen molar-refractivity contribution < 1.29 is 0 Å². The van der Waals surface area contributed by atoms with E-state index in [9.17, 15) is 0 Å². The van der Waals surface area contributed by atoms with Crippen LogP contribution in [0.2, 0.25) is 5.28 Å². The average Bonchev–Trinajstić information content (AvgIpc) is 2.74. The van der Waals surface area contributed by atoms with E-state index in [0.29, 0.717) is 5.28 Å². The Kier molecular flexibility index (Phi) is 3.27. The van der Waals surface area contributed by atoms with Gasteiger partial charge in [-0.3, -0.25) is 0 Å². The number of halogens is 1. The molecule has 0 fully saturated rings. The van der Waals surface area contributed by atoms with Crippen LogP contribution in [0.15, 0.2) is 11.4 Å². The highest BCUT2D eigenvalue weighted by atomic mass is 35.5. The molecular weight excluding hydrogens is 254 g/mol. The predicted molar refractivity (Wildman–Crippen MR) is 75.2 cm³/mol. The Morgan fingerprint density at radius 2 is 2.12 bits per heavy atom. The van der Waals surface area contributed by atoms with Crippen LogP contribution in [-0.4, -0.2) is 22.6 Å². The summed E-state index contributed by atoms with van der Waals surface area (Å²) in [5.41, 5.74) is 0.0482. The number of anilines is 1. The van der Waals surface area contributed by atoms with E-state index < -0.39 is 0 Å². The van der Waals surface area contributed by atoms with Gasteiger partial charge < -0.3 is 4.90 Å². The third-order valence-electron chi connectivity index (χ3n) is 3.37. The maximum atomic E-state index is 5.98. The molecule has 92 valence electrons. The van der Waals surface area contributed by atoms with Gasteiger partial charge in [0, 0.05) is 12.6 Å². The highest BCUT2D eigenvalue weighted by Crippen LogP contribution is 2.32. The lowest BCUT2D eigenvalue weighted by Crippen LogP contribution is -2.41. The van der Waals surface area contributed by atoms with Gasteiger partial charge in [-0.05, 0) is 43.3 Å². The van der Waals surface area contributed by atoms with Crippen LogP contribution in [0.25, 0.3) is 10.2 Å². The van der Waals surface area contributed by atoms with Crippen LogP contribution < -0.4 is 4.90 Å². The van der Waals surface area contributed by atoms with Gasteiger partial charge in [0.05, 0.1) is 5.39 Å². The Labute approximate surface area is 110 Å². The Balaban J connectivity index is 2.58. The fourth-order valence-electron chi connectivity index (χ4n) is 1.59. The van der Waals surface area contributed by atoms with E-state index in [1.165, 1.54) is 0 Å². The Hall–Kier alpha value is -0.870. The molecule has 0 saturated heterocycles. The van der Waals surface area contributed by atoms with Gasteiger partial charge in [-0.25, -0.2) is 4.98 Å². The second-order valence-electron chi connectivity index (χ2n) is 4.68. The second kappa shape index (κ2) is 4.42. The molecule has 0 aromatic carbocycles. The zero-order valence-corrected chi connectivity index (χ0v) is 12.1. The molecule has 2 rings (SSSR count). The molecule has 2 aromatic rings. The highest BCUT2D eigenvalue weighted by Gasteiger charge is 2.24. The number of hydrogen-bond donors (Lipinski definition) is 0. The SMILES string of the molecule is CCC(C)(C)N(C)c1nc(Cl)nc2sccc12. The van der Waals surface area contributed by atoms with Crippen molar-refractivity contribution in [1.82, 2.24) is 9.97 Å². The molecule has 0 saturated carbocycles. The Morgan fingerprint density at radius 3 is 2.76 bits per heavy atom. The quantitative estimate of drug-likeness (QED) is 0.790. The first-order valence-corrected chi connectivity index (χ1v) is 6.86. The summed E-state index contributed by atoms with van der Waals surface area (Å²) in [7, 11) is 2.05. The molecule has 0 N–H and O–H groups in total. The summed E-state index contributed by atoms with van der Waals surface area (Å²) in [5.74, 6) is 0.910. The van der Waals surface area contributed by atoms with Gasteiger partial charge in [0.15, 0.2) is 0 Å². The standard InChI is InChI=1S/C12H16ClN3S/c1-5-12(2,3)16(4)9-8-6-7-17-10(8)15-11(13)14-9/h6-7H,5H2,1-4H3. The fourth-order valence-corrected chi connectivity index (χ4v) is 2.57. The number of nitrogens with zero attached hydrogens (tertiary/aromatic N) is 3. The number of fused-ring (bicyclic) bond motifs is 1. The zero-order valence-electron chi connectivity index (χ0n) is 10.5. The second-order valence-corrected chi connectivity index (χ2v) is 5.91. The van der Waals surface area contributed by atoms with Crippen molar-refractivity contribution in [3.8, 4) is 0 Å². The van der Waals surface area contributed by atoms with E-state index in [1.807, 2.05) is 11.4 Å². The van der Waals surface area contributed by atoms with E-state index in [0.717, 1.165) is 22.5 Å². The lowest BCUT2D eigenvalue weighted by atomic mass is 10.00. The number of thiophene rings is 1. The van der Waals surface area contributed by atoms with Crippen molar-refractivity contribution in [3.63, 3.8) is 0 Å². The monoisotopic (exact) mass is 269 g/mol. The maximum absolute atomic E-state index is 5.98. The van der Waals surface area contributed by atoms with Crippen molar-refractivity contribution in [2.75, 3.05) is 11.9 Å². The molecule has 0 unspecified atom stereocenters. The minimum Gasteiger partial charge on any atom is -0.354 e. The van der Waals surface area contributed by atoms with Crippen LogP contribution in [0, 0.1) is 0 Å². The molecular formula is C12H16ClN3S. The molecule has 0 atom stereocenters. The third kappa shape index (κ3) is 2.24. The largest absolute Gasteiger partial charge is 0.354 e. The Bertz CT molecular complexity index is 536. The van der Waals surface area contributed by atoms with Gasteiger partial charge in [0.1, 0.15) is 10.6 Å². The number of rotatable bonds is 3. The van der Waals surface area contributed by atoms with Crippen LogP contribution in [0.5, 0.6) is 0 Å². The summed E-state index contributed by atoms with van der Waals surface area (Å²) >= 11 is 7.56. The van der Waals surface area contributed by atoms with Crippen LogP contribution >= 0.6 is 22.9 Å².